The number of urea groups is 1. The SMILES string of the molecule is CC(C)CNC(=O)N1CCCC(C(=O)NCC2(C(=O)O)CC2)C1. The number of nitrogens with one attached hydrogen (secondary N) is 2. The summed E-state index contributed by atoms with van der Waals surface area (Å²) < 4.78 is 0. The molecule has 0 radical (unpaired) electrons. The lowest BCUT2D eigenvalue weighted by atomic mass is 9.97. The number of carbonyl (C=O) groups excluding carboxylic acids is 2. The minimum Gasteiger partial charge on any atom is -0.481 e. The van der Waals surface area contributed by atoms with Crippen LogP contribution >= 0.6 is 0 Å². The summed E-state index contributed by atoms with van der Waals surface area (Å²) in [5.41, 5.74) is -0.751. The number of rotatable bonds is 6. The van der Waals surface area contributed by atoms with E-state index in [1.807, 2.05) is 13.8 Å². The maximum absolute atomic E-state index is 12.3. The summed E-state index contributed by atoms with van der Waals surface area (Å²) in [6.45, 7) is 5.93. The van der Waals surface area contributed by atoms with Crippen LogP contribution in [-0.2, 0) is 9.59 Å². The largest absolute Gasteiger partial charge is 0.481 e. The predicted octanol–water partition coefficient (Wildman–Crippen LogP) is 1.05. The van der Waals surface area contributed by atoms with E-state index >= 15 is 0 Å². The first-order valence-electron chi connectivity index (χ1n) is 8.38. The van der Waals surface area contributed by atoms with Gasteiger partial charge in [-0.05, 0) is 31.6 Å². The molecule has 23 heavy (non-hydrogen) atoms. The summed E-state index contributed by atoms with van der Waals surface area (Å²) in [6, 6.07) is -0.125. The molecular weight excluding hydrogens is 298 g/mol. The third-order valence-electron chi connectivity index (χ3n) is 4.65. The van der Waals surface area contributed by atoms with Gasteiger partial charge < -0.3 is 20.6 Å². The molecule has 3 N–H and O–H groups in total. The van der Waals surface area contributed by atoms with E-state index in [1.165, 1.54) is 0 Å². The van der Waals surface area contributed by atoms with Crippen LogP contribution in [0, 0.1) is 17.3 Å². The molecule has 1 aliphatic heterocycles. The van der Waals surface area contributed by atoms with Gasteiger partial charge in [-0.2, -0.15) is 0 Å². The van der Waals surface area contributed by atoms with E-state index in [2.05, 4.69) is 10.6 Å². The molecule has 2 aliphatic rings. The van der Waals surface area contributed by atoms with Crippen molar-refractivity contribution in [2.75, 3.05) is 26.2 Å². The molecule has 1 saturated carbocycles. The first kappa shape index (κ1) is 17.6. The lowest BCUT2D eigenvalue weighted by Gasteiger charge is -2.32. The summed E-state index contributed by atoms with van der Waals surface area (Å²) in [5.74, 6) is -0.846. The van der Waals surface area contributed by atoms with E-state index in [0.29, 0.717) is 38.4 Å². The number of aliphatic carboxylic acids is 1. The normalized spacial score (nSPS) is 22.6. The smallest absolute Gasteiger partial charge is 0.317 e. The zero-order chi connectivity index (χ0) is 17.0. The van der Waals surface area contributed by atoms with Crippen molar-refractivity contribution in [3.05, 3.63) is 0 Å². The number of carboxylic acids is 1. The van der Waals surface area contributed by atoms with Crippen LogP contribution in [-0.4, -0.2) is 54.1 Å². The molecule has 1 unspecified atom stereocenters. The van der Waals surface area contributed by atoms with E-state index in [4.69, 9.17) is 5.11 Å². The van der Waals surface area contributed by atoms with E-state index < -0.39 is 11.4 Å². The first-order chi connectivity index (χ1) is 10.8. The van der Waals surface area contributed by atoms with E-state index in [-0.39, 0.29) is 24.4 Å². The summed E-state index contributed by atoms with van der Waals surface area (Å²) in [7, 11) is 0. The highest BCUT2D eigenvalue weighted by Gasteiger charge is 2.50. The molecule has 1 heterocycles. The van der Waals surface area contributed by atoms with Crippen molar-refractivity contribution in [2.24, 2.45) is 17.3 Å². The van der Waals surface area contributed by atoms with E-state index in [0.717, 1.165) is 12.8 Å². The summed E-state index contributed by atoms with van der Waals surface area (Å²) in [5, 5.41) is 14.8. The van der Waals surface area contributed by atoms with Gasteiger partial charge in [0.15, 0.2) is 0 Å². The second-order valence-electron chi connectivity index (χ2n) is 7.17. The van der Waals surface area contributed by atoms with Gasteiger partial charge in [0, 0.05) is 26.2 Å². The Bertz CT molecular complexity index is 474. The van der Waals surface area contributed by atoms with Gasteiger partial charge in [0.2, 0.25) is 5.91 Å². The number of likely N-dealkylation sites (tertiary alicyclic amines) is 1. The highest BCUT2D eigenvalue weighted by molar-refractivity contribution is 5.83. The number of hydrogen-bond donors (Lipinski definition) is 3. The molecule has 2 fully saturated rings. The highest BCUT2D eigenvalue weighted by atomic mass is 16.4. The van der Waals surface area contributed by atoms with Crippen molar-refractivity contribution in [3.8, 4) is 0 Å². The molecule has 3 amide bonds. The molecule has 0 aromatic carbocycles. The van der Waals surface area contributed by atoms with Crippen LogP contribution in [0.1, 0.15) is 39.5 Å². The third kappa shape index (κ3) is 4.59. The lowest BCUT2D eigenvalue weighted by molar-refractivity contribution is -0.143. The van der Waals surface area contributed by atoms with Gasteiger partial charge in [0.05, 0.1) is 11.3 Å². The Morgan fingerprint density at radius 2 is 1.96 bits per heavy atom. The van der Waals surface area contributed by atoms with Crippen molar-refractivity contribution in [2.45, 2.75) is 39.5 Å². The number of carboxylic acid groups (broad SMARTS) is 1. The van der Waals surface area contributed by atoms with Crippen LogP contribution in [0.2, 0.25) is 0 Å². The van der Waals surface area contributed by atoms with Gasteiger partial charge in [0.1, 0.15) is 0 Å². The van der Waals surface area contributed by atoms with Crippen molar-refractivity contribution in [1.29, 1.82) is 0 Å². The second kappa shape index (κ2) is 7.19. The van der Waals surface area contributed by atoms with Crippen molar-refractivity contribution in [3.63, 3.8) is 0 Å². The number of carbonyl (C=O) groups is 3. The van der Waals surface area contributed by atoms with Gasteiger partial charge in [-0.15, -0.1) is 0 Å². The maximum atomic E-state index is 12.3. The van der Waals surface area contributed by atoms with Crippen LogP contribution < -0.4 is 10.6 Å². The number of nitrogens with zero attached hydrogens (tertiary/aromatic N) is 1. The van der Waals surface area contributed by atoms with E-state index in [1.54, 1.807) is 4.90 Å². The third-order valence-corrected chi connectivity index (χ3v) is 4.65. The Balaban J connectivity index is 1.79. The Morgan fingerprint density at radius 1 is 1.26 bits per heavy atom. The Morgan fingerprint density at radius 3 is 2.52 bits per heavy atom. The standard InChI is InChI=1S/C16H27N3O4/c1-11(2)8-17-15(23)19-7-3-4-12(9-19)13(20)18-10-16(5-6-16)14(21)22/h11-12H,3-10H2,1-2H3,(H,17,23)(H,18,20)(H,21,22). The molecule has 7 heteroatoms. The lowest BCUT2D eigenvalue weighted by Crippen LogP contribution is -2.50. The maximum Gasteiger partial charge on any atom is 0.317 e. The van der Waals surface area contributed by atoms with Crippen LogP contribution in [0.25, 0.3) is 0 Å². The van der Waals surface area contributed by atoms with Crippen LogP contribution in [0.3, 0.4) is 0 Å². The minimum absolute atomic E-state index is 0.125. The average Bonchev–Trinajstić information content (AvgIpc) is 3.31. The predicted molar refractivity (Wildman–Crippen MR) is 84.8 cm³/mol. The second-order valence-corrected chi connectivity index (χ2v) is 7.17. The molecule has 1 saturated heterocycles. The molecule has 1 atom stereocenters. The summed E-state index contributed by atoms with van der Waals surface area (Å²) in [6.07, 6.45) is 2.77. The molecular formula is C16H27N3O4. The monoisotopic (exact) mass is 325 g/mol. The average molecular weight is 325 g/mol. The van der Waals surface area contributed by atoms with Crippen LogP contribution in [0.15, 0.2) is 0 Å². The van der Waals surface area contributed by atoms with Gasteiger partial charge in [-0.3, -0.25) is 9.59 Å². The number of amides is 3. The zero-order valence-corrected chi connectivity index (χ0v) is 13.9. The molecule has 0 spiro atoms. The Labute approximate surface area is 136 Å². The summed E-state index contributed by atoms with van der Waals surface area (Å²) in [4.78, 5) is 37.2. The fourth-order valence-corrected chi connectivity index (χ4v) is 2.80. The Kier molecular flexibility index (Phi) is 5.49. The fourth-order valence-electron chi connectivity index (χ4n) is 2.80. The van der Waals surface area contributed by atoms with Crippen LogP contribution in [0.5, 0.6) is 0 Å². The zero-order valence-electron chi connectivity index (χ0n) is 13.9. The van der Waals surface area contributed by atoms with Gasteiger partial charge in [-0.1, -0.05) is 13.8 Å². The Hall–Kier alpha value is -1.79. The fraction of sp³-hybridized carbons (Fsp3) is 0.812. The number of hydrogen-bond acceptors (Lipinski definition) is 3. The van der Waals surface area contributed by atoms with Crippen molar-refractivity contribution < 1.29 is 19.5 Å². The molecule has 0 aromatic rings. The topological polar surface area (TPSA) is 98.7 Å². The molecule has 2 rings (SSSR count). The highest BCUT2D eigenvalue weighted by Crippen LogP contribution is 2.45. The van der Waals surface area contributed by atoms with Gasteiger partial charge in [-0.25, -0.2) is 4.79 Å². The molecule has 1 aliphatic carbocycles. The van der Waals surface area contributed by atoms with Gasteiger partial charge in [0.25, 0.3) is 0 Å². The summed E-state index contributed by atoms with van der Waals surface area (Å²) >= 11 is 0. The molecule has 7 nitrogen and oxygen atoms in total. The number of piperidine rings is 1. The van der Waals surface area contributed by atoms with Gasteiger partial charge >= 0.3 is 12.0 Å². The molecule has 130 valence electrons. The quantitative estimate of drug-likeness (QED) is 0.679. The van der Waals surface area contributed by atoms with Crippen molar-refractivity contribution in [1.82, 2.24) is 15.5 Å². The molecule has 0 aromatic heterocycles. The van der Waals surface area contributed by atoms with Crippen molar-refractivity contribution >= 4 is 17.9 Å². The minimum atomic E-state index is -0.837. The van der Waals surface area contributed by atoms with Crippen LogP contribution in [0.4, 0.5) is 4.79 Å². The van der Waals surface area contributed by atoms with E-state index in [9.17, 15) is 14.4 Å². The molecule has 0 bridgehead atoms. The first-order valence-corrected chi connectivity index (χ1v) is 8.38.